The Balaban J connectivity index is 2.38. The Bertz CT molecular complexity index is 809. The van der Waals surface area contributed by atoms with Crippen LogP contribution in [0.3, 0.4) is 0 Å². The van der Waals surface area contributed by atoms with Crippen molar-refractivity contribution in [2.45, 2.75) is 13.3 Å². The Hall–Kier alpha value is -1.87. The van der Waals surface area contributed by atoms with Crippen LogP contribution in [-0.4, -0.2) is 5.97 Å². The van der Waals surface area contributed by atoms with Gasteiger partial charge in [-0.05, 0) is 29.0 Å². The monoisotopic (exact) mass is 328 g/mol. The minimum atomic E-state index is -0.220. The fourth-order valence-corrected chi connectivity index (χ4v) is 2.65. The van der Waals surface area contributed by atoms with Gasteiger partial charge in [0.15, 0.2) is 0 Å². The van der Waals surface area contributed by atoms with Gasteiger partial charge in [0, 0.05) is 21.7 Å². The summed E-state index contributed by atoms with van der Waals surface area (Å²) in [7, 11) is 0. The lowest BCUT2D eigenvalue weighted by Gasteiger charge is -2.11. The number of halogens is 1. The van der Waals surface area contributed by atoms with Gasteiger partial charge in [-0.3, -0.25) is 4.79 Å². The zero-order valence-corrected chi connectivity index (χ0v) is 12.6. The molecule has 20 heavy (non-hydrogen) atoms. The average molecular weight is 329 g/mol. The van der Waals surface area contributed by atoms with Crippen molar-refractivity contribution in [2.75, 3.05) is 0 Å². The smallest absolute Gasteiger partial charge is 0.310 e. The molecule has 0 aliphatic heterocycles. The van der Waals surface area contributed by atoms with Gasteiger partial charge in [0.05, 0.1) is 0 Å². The van der Waals surface area contributed by atoms with Gasteiger partial charge >= 0.3 is 5.97 Å². The molecule has 0 amide bonds. The predicted molar refractivity (Wildman–Crippen MR) is 85.1 cm³/mol. The van der Waals surface area contributed by atoms with Crippen molar-refractivity contribution in [3.63, 3.8) is 0 Å². The number of hydrogen-bond acceptors (Lipinski definition) is 2. The summed E-state index contributed by atoms with van der Waals surface area (Å²) in [4.78, 5) is 11.7. The number of carbonyl (C=O) groups excluding carboxylic acids is 1. The van der Waals surface area contributed by atoms with Crippen molar-refractivity contribution in [1.29, 1.82) is 0 Å². The summed E-state index contributed by atoms with van der Waals surface area (Å²) in [6.07, 6.45) is 0.360. The standard InChI is InChI=1S/C17H13BrO2/c1-2-16(19)20-17-14-6-4-3-5-11(14)9-12-7-8-13(18)10-15(12)17/h3-10H,2H2,1H3. The van der Waals surface area contributed by atoms with Crippen LogP contribution in [0.1, 0.15) is 13.3 Å². The van der Waals surface area contributed by atoms with Gasteiger partial charge in [-0.15, -0.1) is 0 Å². The molecule has 0 aliphatic rings. The molecule has 0 fully saturated rings. The molecule has 100 valence electrons. The molecule has 0 aliphatic carbocycles. The molecule has 0 saturated heterocycles. The Morgan fingerprint density at radius 2 is 1.80 bits per heavy atom. The van der Waals surface area contributed by atoms with E-state index in [-0.39, 0.29) is 5.97 Å². The highest BCUT2D eigenvalue weighted by Gasteiger charge is 2.12. The molecule has 0 unspecified atom stereocenters. The summed E-state index contributed by atoms with van der Waals surface area (Å²) in [6.45, 7) is 1.80. The topological polar surface area (TPSA) is 26.3 Å². The van der Waals surface area contributed by atoms with E-state index in [0.29, 0.717) is 12.2 Å². The summed E-state index contributed by atoms with van der Waals surface area (Å²) in [5.74, 6) is 0.425. The van der Waals surface area contributed by atoms with E-state index in [4.69, 9.17) is 4.74 Å². The maximum Gasteiger partial charge on any atom is 0.310 e. The quantitative estimate of drug-likeness (QED) is 0.373. The van der Waals surface area contributed by atoms with Crippen LogP contribution in [0.15, 0.2) is 53.0 Å². The second-order valence-corrected chi connectivity index (χ2v) is 5.54. The fourth-order valence-electron chi connectivity index (χ4n) is 2.29. The van der Waals surface area contributed by atoms with Crippen molar-refractivity contribution < 1.29 is 9.53 Å². The van der Waals surface area contributed by atoms with Crippen molar-refractivity contribution in [3.05, 3.63) is 53.0 Å². The number of rotatable bonds is 2. The molecular formula is C17H13BrO2. The summed E-state index contributed by atoms with van der Waals surface area (Å²) in [5, 5.41) is 4.03. The zero-order valence-electron chi connectivity index (χ0n) is 11.0. The molecule has 0 atom stereocenters. The second kappa shape index (κ2) is 5.25. The molecule has 2 nitrogen and oxygen atoms in total. The van der Waals surface area contributed by atoms with E-state index < -0.39 is 0 Å². The Labute approximate surface area is 125 Å². The van der Waals surface area contributed by atoms with E-state index in [1.54, 1.807) is 6.92 Å². The average Bonchev–Trinajstić information content (AvgIpc) is 2.47. The number of fused-ring (bicyclic) bond motifs is 2. The van der Waals surface area contributed by atoms with Crippen LogP contribution in [0.25, 0.3) is 21.5 Å². The van der Waals surface area contributed by atoms with E-state index in [1.165, 1.54) is 0 Å². The first-order valence-electron chi connectivity index (χ1n) is 6.50. The van der Waals surface area contributed by atoms with Gasteiger partial charge in [-0.1, -0.05) is 53.2 Å². The van der Waals surface area contributed by atoms with Crippen LogP contribution in [0.4, 0.5) is 0 Å². The molecular weight excluding hydrogens is 316 g/mol. The molecule has 0 saturated carbocycles. The van der Waals surface area contributed by atoms with Crippen LogP contribution in [0.5, 0.6) is 5.75 Å². The van der Waals surface area contributed by atoms with Gasteiger partial charge in [0.1, 0.15) is 5.75 Å². The summed E-state index contributed by atoms with van der Waals surface area (Å²) in [6, 6.07) is 16.1. The van der Waals surface area contributed by atoms with Gasteiger partial charge in [-0.25, -0.2) is 0 Å². The van der Waals surface area contributed by atoms with Crippen molar-refractivity contribution in [1.82, 2.24) is 0 Å². The van der Waals surface area contributed by atoms with E-state index in [2.05, 4.69) is 22.0 Å². The van der Waals surface area contributed by atoms with Gasteiger partial charge in [0.25, 0.3) is 0 Å². The maximum absolute atomic E-state index is 11.7. The Morgan fingerprint density at radius 1 is 1.05 bits per heavy atom. The second-order valence-electron chi connectivity index (χ2n) is 4.62. The molecule has 3 aromatic rings. The first kappa shape index (κ1) is 13.1. The molecule has 0 radical (unpaired) electrons. The normalized spacial score (nSPS) is 10.9. The highest BCUT2D eigenvalue weighted by molar-refractivity contribution is 9.10. The largest absolute Gasteiger partial charge is 0.425 e. The number of carbonyl (C=O) groups is 1. The third-order valence-corrected chi connectivity index (χ3v) is 3.77. The summed E-state index contributed by atoms with van der Waals surface area (Å²) in [5.41, 5.74) is 0. The van der Waals surface area contributed by atoms with E-state index in [1.807, 2.05) is 42.5 Å². The van der Waals surface area contributed by atoms with Gasteiger partial charge < -0.3 is 4.74 Å². The first-order chi connectivity index (χ1) is 9.69. The van der Waals surface area contributed by atoms with E-state index in [9.17, 15) is 4.79 Å². The van der Waals surface area contributed by atoms with Crippen LogP contribution in [0.2, 0.25) is 0 Å². The molecule has 0 N–H and O–H groups in total. The zero-order chi connectivity index (χ0) is 14.1. The SMILES string of the molecule is CCC(=O)Oc1c2ccccc2cc2ccc(Br)cc12. The molecule has 0 heterocycles. The van der Waals surface area contributed by atoms with E-state index >= 15 is 0 Å². The molecule has 0 bridgehead atoms. The van der Waals surface area contributed by atoms with E-state index in [0.717, 1.165) is 26.0 Å². The Kier molecular flexibility index (Phi) is 3.45. The van der Waals surface area contributed by atoms with Crippen LogP contribution < -0.4 is 4.74 Å². The summed E-state index contributed by atoms with van der Waals surface area (Å²) >= 11 is 3.47. The van der Waals surface area contributed by atoms with Crippen molar-refractivity contribution in [3.8, 4) is 5.75 Å². The minimum Gasteiger partial charge on any atom is -0.425 e. The van der Waals surface area contributed by atoms with Crippen LogP contribution >= 0.6 is 15.9 Å². The number of hydrogen-bond donors (Lipinski definition) is 0. The Morgan fingerprint density at radius 3 is 2.60 bits per heavy atom. The third kappa shape index (κ3) is 2.29. The summed E-state index contributed by atoms with van der Waals surface area (Å²) < 4.78 is 6.55. The van der Waals surface area contributed by atoms with Crippen molar-refractivity contribution in [2.24, 2.45) is 0 Å². The number of ether oxygens (including phenoxy) is 1. The fraction of sp³-hybridized carbons (Fsp3) is 0.118. The third-order valence-electron chi connectivity index (χ3n) is 3.28. The lowest BCUT2D eigenvalue weighted by Crippen LogP contribution is -2.06. The maximum atomic E-state index is 11.7. The molecule has 0 spiro atoms. The number of esters is 1. The molecule has 3 heteroatoms. The lowest BCUT2D eigenvalue weighted by molar-refractivity contribution is -0.133. The van der Waals surface area contributed by atoms with Gasteiger partial charge in [0.2, 0.25) is 0 Å². The van der Waals surface area contributed by atoms with Crippen molar-refractivity contribution >= 4 is 43.4 Å². The number of benzene rings is 3. The van der Waals surface area contributed by atoms with Gasteiger partial charge in [-0.2, -0.15) is 0 Å². The predicted octanol–water partition coefficient (Wildman–Crippen LogP) is 5.07. The van der Waals surface area contributed by atoms with Crippen LogP contribution in [-0.2, 0) is 4.79 Å². The minimum absolute atomic E-state index is 0.220. The first-order valence-corrected chi connectivity index (χ1v) is 7.30. The molecule has 0 aromatic heterocycles. The molecule has 3 aromatic carbocycles. The van der Waals surface area contributed by atoms with Crippen LogP contribution in [0, 0.1) is 0 Å². The lowest BCUT2D eigenvalue weighted by atomic mass is 10.0. The highest BCUT2D eigenvalue weighted by atomic mass is 79.9. The molecule has 3 rings (SSSR count). The highest BCUT2D eigenvalue weighted by Crippen LogP contribution is 2.36.